The van der Waals surface area contributed by atoms with Crippen molar-refractivity contribution < 1.29 is 9.53 Å². The monoisotopic (exact) mass is 262 g/mol. The zero-order chi connectivity index (χ0) is 13.8. The van der Waals surface area contributed by atoms with E-state index in [1.165, 1.54) is 5.56 Å². The fourth-order valence-corrected chi connectivity index (χ4v) is 2.37. The van der Waals surface area contributed by atoms with Crippen LogP contribution in [0.1, 0.15) is 33.9 Å². The first-order chi connectivity index (χ1) is 9.09. The van der Waals surface area contributed by atoms with Crippen molar-refractivity contribution in [1.82, 2.24) is 10.2 Å². The van der Waals surface area contributed by atoms with Gasteiger partial charge in [0.2, 0.25) is 0 Å². The predicted octanol–water partition coefficient (Wildman–Crippen LogP) is 1.75. The minimum Gasteiger partial charge on any atom is -0.379 e. The Balaban J connectivity index is 2.21. The summed E-state index contributed by atoms with van der Waals surface area (Å²) < 4.78 is 5.59. The lowest BCUT2D eigenvalue weighted by Crippen LogP contribution is -2.25. The molecule has 0 aromatic heterocycles. The number of nitrogens with one attached hydrogen (secondary N) is 1. The summed E-state index contributed by atoms with van der Waals surface area (Å²) in [6.45, 7) is 4.54. The van der Waals surface area contributed by atoms with Crippen LogP contribution in [-0.4, -0.2) is 44.7 Å². The molecule has 0 unspecified atom stereocenters. The van der Waals surface area contributed by atoms with E-state index in [4.69, 9.17) is 4.74 Å². The van der Waals surface area contributed by atoms with Gasteiger partial charge in [0.15, 0.2) is 0 Å². The van der Waals surface area contributed by atoms with Crippen molar-refractivity contribution in [3.63, 3.8) is 0 Å². The molecule has 2 rings (SSSR count). The van der Waals surface area contributed by atoms with Gasteiger partial charge in [-0.3, -0.25) is 4.79 Å². The first-order valence-corrected chi connectivity index (χ1v) is 6.73. The van der Waals surface area contributed by atoms with E-state index in [2.05, 4.69) is 5.32 Å². The quantitative estimate of drug-likeness (QED) is 0.883. The Labute approximate surface area is 114 Å². The molecule has 1 N–H and O–H groups in total. The minimum absolute atomic E-state index is 0.0414. The Morgan fingerprint density at radius 1 is 1.42 bits per heavy atom. The van der Waals surface area contributed by atoms with E-state index in [0.29, 0.717) is 6.61 Å². The lowest BCUT2D eigenvalue weighted by Gasteiger charge is -2.19. The van der Waals surface area contributed by atoms with Gasteiger partial charge in [0.05, 0.1) is 12.6 Å². The van der Waals surface area contributed by atoms with Crippen LogP contribution < -0.4 is 5.32 Å². The summed E-state index contributed by atoms with van der Waals surface area (Å²) in [5.41, 5.74) is 3.09. The Morgan fingerprint density at radius 3 is 2.89 bits per heavy atom. The minimum atomic E-state index is 0.0414. The van der Waals surface area contributed by atoms with E-state index in [-0.39, 0.29) is 11.9 Å². The Hall–Kier alpha value is -1.39. The first-order valence-electron chi connectivity index (χ1n) is 6.73. The molecule has 4 nitrogen and oxygen atoms in total. The van der Waals surface area contributed by atoms with Gasteiger partial charge in [-0.2, -0.15) is 0 Å². The van der Waals surface area contributed by atoms with Crippen molar-refractivity contribution in [2.75, 3.05) is 33.9 Å². The maximum Gasteiger partial charge on any atom is 0.253 e. The molecular weight excluding hydrogens is 240 g/mol. The third-order valence-corrected chi connectivity index (χ3v) is 3.44. The summed E-state index contributed by atoms with van der Waals surface area (Å²) in [6.07, 6.45) is 1.05. The Morgan fingerprint density at radius 2 is 2.21 bits per heavy atom. The first kappa shape index (κ1) is 14.0. The summed E-state index contributed by atoms with van der Waals surface area (Å²) in [7, 11) is 3.54. The molecule has 0 saturated carbocycles. The van der Waals surface area contributed by atoms with Crippen LogP contribution in [0.5, 0.6) is 0 Å². The largest absolute Gasteiger partial charge is 0.379 e. The molecule has 1 aromatic rings. The van der Waals surface area contributed by atoms with E-state index in [1.807, 2.05) is 25.1 Å². The summed E-state index contributed by atoms with van der Waals surface area (Å²) in [5, 5.41) is 3.49. The van der Waals surface area contributed by atoms with Gasteiger partial charge in [-0.15, -0.1) is 0 Å². The van der Waals surface area contributed by atoms with Crippen LogP contribution in [0.25, 0.3) is 0 Å². The van der Waals surface area contributed by atoms with Crippen LogP contribution in [0, 0.1) is 6.92 Å². The fourth-order valence-electron chi connectivity index (χ4n) is 2.37. The average Bonchev–Trinajstić information content (AvgIpc) is 2.66. The molecule has 0 radical (unpaired) electrons. The number of carbonyl (C=O) groups excluding carboxylic acids is 1. The lowest BCUT2D eigenvalue weighted by molar-refractivity contribution is 0.0827. The van der Waals surface area contributed by atoms with E-state index < -0.39 is 0 Å². The summed E-state index contributed by atoms with van der Waals surface area (Å²) in [5.74, 6) is 0.0414. The molecule has 1 aromatic carbocycles. The third-order valence-electron chi connectivity index (χ3n) is 3.44. The molecule has 1 aliphatic heterocycles. The zero-order valence-corrected chi connectivity index (χ0v) is 11.9. The number of nitrogens with zero attached hydrogens (tertiary/aromatic N) is 1. The summed E-state index contributed by atoms with van der Waals surface area (Å²) in [4.78, 5) is 13.5. The number of hydrogen-bond donors (Lipinski definition) is 1. The maximum atomic E-state index is 11.9. The molecule has 0 bridgehead atoms. The van der Waals surface area contributed by atoms with Crippen LogP contribution in [0.15, 0.2) is 18.2 Å². The Kier molecular flexibility index (Phi) is 4.56. The van der Waals surface area contributed by atoms with Gasteiger partial charge in [0, 0.05) is 26.3 Å². The highest BCUT2D eigenvalue weighted by atomic mass is 16.5. The normalized spacial score (nSPS) is 19.8. The predicted molar refractivity (Wildman–Crippen MR) is 75.4 cm³/mol. The number of aryl methyl sites for hydroxylation is 1. The van der Waals surface area contributed by atoms with Gasteiger partial charge in [0.25, 0.3) is 5.91 Å². The van der Waals surface area contributed by atoms with Gasteiger partial charge in [-0.05, 0) is 43.1 Å². The second-order valence-electron chi connectivity index (χ2n) is 5.21. The van der Waals surface area contributed by atoms with Gasteiger partial charge in [-0.1, -0.05) is 6.07 Å². The summed E-state index contributed by atoms with van der Waals surface area (Å²) in [6, 6.07) is 6.13. The van der Waals surface area contributed by atoms with Crippen molar-refractivity contribution >= 4 is 5.91 Å². The second-order valence-corrected chi connectivity index (χ2v) is 5.21. The second kappa shape index (κ2) is 6.17. The lowest BCUT2D eigenvalue weighted by atomic mass is 9.99. The SMILES string of the molecule is Cc1cc(C(=O)N(C)C)ccc1[C@H]1COCCCN1. The molecule has 1 saturated heterocycles. The van der Waals surface area contributed by atoms with Crippen LogP contribution in [0.3, 0.4) is 0 Å². The molecule has 4 heteroatoms. The molecule has 1 fully saturated rings. The third kappa shape index (κ3) is 3.33. The fraction of sp³-hybridized carbons (Fsp3) is 0.533. The molecule has 1 aliphatic rings. The summed E-state index contributed by atoms with van der Waals surface area (Å²) >= 11 is 0. The molecule has 1 amide bonds. The highest BCUT2D eigenvalue weighted by molar-refractivity contribution is 5.94. The molecule has 0 aliphatic carbocycles. The number of ether oxygens (including phenoxy) is 1. The van der Waals surface area contributed by atoms with Crippen LogP contribution in [0.4, 0.5) is 0 Å². The number of rotatable bonds is 2. The van der Waals surface area contributed by atoms with E-state index in [1.54, 1.807) is 19.0 Å². The van der Waals surface area contributed by atoms with Crippen LogP contribution >= 0.6 is 0 Å². The molecule has 19 heavy (non-hydrogen) atoms. The Bertz CT molecular complexity index is 449. The standard InChI is InChI=1S/C15H22N2O2/c1-11-9-12(15(18)17(2)3)5-6-13(11)14-10-19-8-4-7-16-14/h5-6,9,14,16H,4,7-8,10H2,1-3H3/t14-/m1/s1. The smallest absolute Gasteiger partial charge is 0.253 e. The van der Waals surface area contributed by atoms with Crippen LogP contribution in [-0.2, 0) is 4.74 Å². The van der Waals surface area contributed by atoms with Crippen molar-refractivity contribution in [3.8, 4) is 0 Å². The number of carbonyl (C=O) groups is 1. The molecule has 1 heterocycles. The number of hydrogen-bond acceptors (Lipinski definition) is 3. The van der Waals surface area contributed by atoms with Crippen LogP contribution in [0.2, 0.25) is 0 Å². The van der Waals surface area contributed by atoms with Gasteiger partial charge in [-0.25, -0.2) is 0 Å². The zero-order valence-electron chi connectivity index (χ0n) is 11.9. The topological polar surface area (TPSA) is 41.6 Å². The van der Waals surface area contributed by atoms with Crippen molar-refractivity contribution in [3.05, 3.63) is 34.9 Å². The van der Waals surface area contributed by atoms with Crippen molar-refractivity contribution in [2.45, 2.75) is 19.4 Å². The van der Waals surface area contributed by atoms with Gasteiger partial charge >= 0.3 is 0 Å². The average molecular weight is 262 g/mol. The van der Waals surface area contributed by atoms with E-state index in [0.717, 1.165) is 30.7 Å². The molecule has 104 valence electrons. The highest BCUT2D eigenvalue weighted by Crippen LogP contribution is 2.21. The van der Waals surface area contributed by atoms with E-state index >= 15 is 0 Å². The maximum absolute atomic E-state index is 11.9. The van der Waals surface area contributed by atoms with Gasteiger partial charge in [0.1, 0.15) is 0 Å². The molecule has 1 atom stereocenters. The van der Waals surface area contributed by atoms with Crippen molar-refractivity contribution in [2.24, 2.45) is 0 Å². The number of amides is 1. The highest BCUT2D eigenvalue weighted by Gasteiger charge is 2.17. The molecule has 0 spiro atoms. The number of benzene rings is 1. The van der Waals surface area contributed by atoms with Crippen molar-refractivity contribution in [1.29, 1.82) is 0 Å². The van der Waals surface area contributed by atoms with Gasteiger partial charge < -0.3 is 15.0 Å². The van der Waals surface area contributed by atoms with E-state index in [9.17, 15) is 4.79 Å². The molecular formula is C15H22N2O2.